The minimum absolute atomic E-state index is 0. The molecule has 3 nitrogen and oxygen atoms in total. The van der Waals surface area contributed by atoms with Gasteiger partial charge < -0.3 is 15.9 Å². The summed E-state index contributed by atoms with van der Waals surface area (Å²) in [7, 11) is 0. The number of aromatic hydroxyl groups is 1. The zero-order valence-electron chi connectivity index (χ0n) is 8.94. The molecule has 2 rings (SSSR count). The summed E-state index contributed by atoms with van der Waals surface area (Å²) >= 11 is 11.7. The molecule has 1 saturated carbocycles. The van der Waals surface area contributed by atoms with Crippen molar-refractivity contribution >= 4 is 35.6 Å². The Balaban J connectivity index is 0.00000144. The maximum atomic E-state index is 9.90. The molecule has 96 valence electrons. The third kappa shape index (κ3) is 3.18. The lowest BCUT2D eigenvalue weighted by molar-refractivity contribution is 0.121. The number of benzene rings is 1. The molecule has 0 bridgehead atoms. The highest BCUT2D eigenvalue weighted by Crippen LogP contribution is 2.41. The molecule has 0 aromatic heterocycles. The Kier molecular flexibility index (Phi) is 4.93. The first kappa shape index (κ1) is 14.9. The summed E-state index contributed by atoms with van der Waals surface area (Å²) in [6.07, 6.45) is 1.28. The number of aliphatic hydroxyl groups is 1. The summed E-state index contributed by atoms with van der Waals surface area (Å²) in [5.74, 6) is 0.158. The van der Waals surface area contributed by atoms with Gasteiger partial charge in [-0.05, 0) is 30.9 Å². The van der Waals surface area contributed by atoms with Gasteiger partial charge >= 0.3 is 0 Å². The van der Waals surface area contributed by atoms with Crippen LogP contribution in [0.4, 0.5) is 0 Å². The van der Waals surface area contributed by atoms with E-state index in [1.165, 1.54) is 12.1 Å². The van der Waals surface area contributed by atoms with Crippen LogP contribution >= 0.6 is 35.6 Å². The van der Waals surface area contributed by atoms with E-state index in [4.69, 9.17) is 28.9 Å². The minimum atomic E-state index is -0.669. The van der Waals surface area contributed by atoms with Gasteiger partial charge in [-0.15, -0.1) is 12.4 Å². The molecule has 1 aliphatic carbocycles. The van der Waals surface area contributed by atoms with Gasteiger partial charge in [-0.2, -0.15) is 0 Å². The lowest BCUT2D eigenvalue weighted by atomic mass is 9.98. The van der Waals surface area contributed by atoms with Crippen LogP contribution in [-0.2, 0) is 0 Å². The second kappa shape index (κ2) is 5.63. The van der Waals surface area contributed by atoms with Crippen LogP contribution in [0.3, 0.4) is 0 Å². The monoisotopic (exact) mass is 297 g/mol. The molecular formula is C11H14Cl3NO2. The SMILES string of the molecule is Cl.N[C@H](c1c(O)cc(Cl)cc1Cl)[C@@H](O)C1CC1. The Bertz CT molecular complexity index is 387. The molecule has 0 unspecified atom stereocenters. The molecule has 6 heteroatoms. The van der Waals surface area contributed by atoms with Crippen molar-refractivity contribution in [2.75, 3.05) is 0 Å². The van der Waals surface area contributed by atoms with Crippen LogP contribution in [0, 0.1) is 5.92 Å². The van der Waals surface area contributed by atoms with E-state index in [0.717, 1.165) is 12.8 Å². The fourth-order valence-electron chi connectivity index (χ4n) is 1.80. The van der Waals surface area contributed by atoms with Gasteiger partial charge in [-0.25, -0.2) is 0 Å². The van der Waals surface area contributed by atoms with Crippen LogP contribution in [-0.4, -0.2) is 16.3 Å². The van der Waals surface area contributed by atoms with Gasteiger partial charge in [0, 0.05) is 10.6 Å². The van der Waals surface area contributed by atoms with Gasteiger partial charge in [0.15, 0.2) is 0 Å². The third-order valence-electron chi connectivity index (χ3n) is 2.88. The van der Waals surface area contributed by atoms with Crippen molar-refractivity contribution < 1.29 is 10.2 Å². The second-order valence-electron chi connectivity index (χ2n) is 4.17. The van der Waals surface area contributed by atoms with E-state index in [2.05, 4.69) is 0 Å². The van der Waals surface area contributed by atoms with Crippen molar-refractivity contribution in [3.8, 4) is 5.75 Å². The summed E-state index contributed by atoms with van der Waals surface area (Å²) in [4.78, 5) is 0. The lowest BCUT2D eigenvalue weighted by Crippen LogP contribution is -2.28. The van der Waals surface area contributed by atoms with E-state index in [-0.39, 0.29) is 29.1 Å². The number of hydrogen-bond acceptors (Lipinski definition) is 3. The van der Waals surface area contributed by atoms with E-state index >= 15 is 0 Å². The highest BCUT2D eigenvalue weighted by molar-refractivity contribution is 6.35. The number of hydrogen-bond donors (Lipinski definition) is 3. The molecule has 0 aliphatic heterocycles. The summed E-state index contributed by atoms with van der Waals surface area (Å²) in [6, 6.07) is 2.22. The predicted molar refractivity (Wildman–Crippen MR) is 71.0 cm³/mol. The Labute approximate surface area is 116 Å². The van der Waals surface area contributed by atoms with Gasteiger partial charge in [0.2, 0.25) is 0 Å². The van der Waals surface area contributed by atoms with Crippen molar-refractivity contribution in [2.45, 2.75) is 25.0 Å². The second-order valence-corrected chi connectivity index (χ2v) is 5.02. The molecule has 1 aromatic carbocycles. The summed E-state index contributed by atoms with van der Waals surface area (Å²) in [5, 5.41) is 20.3. The van der Waals surface area contributed by atoms with Crippen molar-refractivity contribution in [3.05, 3.63) is 27.7 Å². The fraction of sp³-hybridized carbons (Fsp3) is 0.455. The molecule has 0 radical (unpaired) electrons. The number of aliphatic hydroxyl groups excluding tert-OH is 1. The Morgan fingerprint density at radius 3 is 2.35 bits per heavy atom. The number of phenolic OH excluding ortho intramolecular Hbond substituents is 1. The Hall–Kier alpha value is -0.190. The van der Waals surface area contributed by atoms with E-state index in [1.54, 1.807) is 0 Å². The van der Waals surface area contributed by atoms with E-state index in [9.17, 15) is 10.2 Å². The summed E-state index contributed by atoms with van der Waals surface area (Å²) in [5.41, 5.74) is 6.26. The molecule has 2 atom stereocenters. The average molecular weight is 299 g/mol. The van der Waals surface area contributed by atoms with E-state index in [0.29, 0.717) is 10.6 Å². The molecule has 1 fully saturated rings. The third-order valence-corrected chi connectivity index (χ3v) is 3.41. The van der Waals surface area contributed by atoms with Crippen LogP contribution in [0.2, 0.25) is 10.0 Å². The van der Waals surface area contributed by atoms with Crippen LogP contribution in [0.15, 0.2) is 12.1 Å². The molecule has 4 N–H and O–H groups in total. The average Bonchev–Trinajstić information content (AvgIpc) is 2.97. The number of phenols is 1. The largest absolute Gasteiger partial charge is 0.507 e. The van der Waals surface area contributed by atoms with Crippen molar-refractivity contribution in [3.63, 3.8) is 0 Å². The molecule has 0 spiro atoms. The van der Waals surface area contributed by atoms with E-state index in [1.807, 2.05) is 0 Å². The first-order chi connectivity index (χ1) is 7.50. The number of nitrogens with two attached hydrogens (primary N) is 1. The smallest absolute Gasteiger partial charge is 0.123 e. The maximum absolute atomic E-state index is 9.90. The molecular weight excluding hydrogens is 284 g/mol. The topological polar surface area (TPSA) is 66.5 Å². The van der Waals surface area contributed by atoms with Gasteiger partial charge in [-0.3, -0.25) is 0 Å². The number of halogens is 3. The Morgan fingerprint density at radius 1 is 1.29 bits per heavy atom. The lowest BCUT2D eigenvalue weighted by Gasteiger charge is -2.21. The quantitative estimate of drug-likeness (QED) is 0.804. The molecule has 1 aliphatic rings. The minimum Gasteiger partial charge on any atom is -0.507 e. The zero-order valence-corrected chi connectivity index (χ0v) is 11.3. The zero-order chi connectivity index (χ0) is 11.9. The van der Waals surface area contributed by atoms with Crippen molar-refractivity contribution in [1.29, 1.82) is 0 Å². The van der Waals surface area contributed by atoms with Crippen LogP contribution in [0.5, 0.6) is 5.75 Å². The molecule has 0 heterocycles. The first-order valence-electron chi connectivity index (χ1n) is 5.12. The van der Waals surface area contributed by atoms with Gasteiger partial charge in [-0.1, -0.05) is 23.2 Å². The van der Waals surface area contributed by atoms with Gasteiger partial charge in [0.05, 0.1) is 17.2 Å². The fourth-order valence-corrected chi connectivity index (χ4v) is 2.41. The molecule has 0 saturated heterocycles. The van der Waals surface area contributed by atoms with Gasteiger partial charge in [0.25, 0.3) is 0 Å². The van der Waals surface area contributed by atoms with Crippen LogP contribution in [0.1, 0.15) is 24.4 Å². The molecule has 1 aromatic rings. The highest BCUT2D eigenvalue weighted by Gasteiger charge is 2.36. The standard InChI is InChI=1S/C11H13Cl2NO2.ClH/c12-6-3-7(13)9(8(15)4-6)10(14)11(16)5-1-2-5;/h3-5,10-11,15-16H,1-2,14H2;1H/t10-,11+;/m1./s1. The summed E-state index contributed by atoms with van der Waals surface area (Å²) < 4.78 is 0. The molecule has 0 amide bonds. The molecule has 17 heavy (non-hydrogen) atoms. The van der Waals surface area contributed by atoms with Crippen molar-refractivity contribution in [1.82, 2.24) is 0 Å². The maximum Gasteiger partial charge on any atom is 0.123 e. The highest BCUT2D eigenvalue weighted by atomic mass is 35.5. The van der Waals surface area contributed by atoms with Crippen LogP contribution < -0.4 is 5.73 Å². The van der Waals surface area contributed by atoms with Crippen molar-refractivity contribution in [2.24, 2.45) is 11.7 Å². The Morgan fingerprint density at radius 2 is 1.88 bits per heavy atom. The first-order valence-corrected chi connectivity index (χ1v) is 5.88. The predicted octanol–water partition coefficient (Wildman–Crippen LogP) is 2.89. The summed E-state index contributed by atoms with van der Waals surface area (Å²) in [6.45, 7) is 0. The van der Waals surface area contributed by atoms with Crippen LogP contribution in [0.25, 0.3) is 0 Å². The number of rotatable bonds is 3. The van der Waals surface area contributed by atoms with Gasteiger partial charge in [0.1, 0.15) is 5.75 Å². The van der Waals surface area contributed by atoms with E-state index < -0.39 is 12.1 Å². The normalized spacial score (nSPS) is 18.4.